The highest BCUT2D eigenvalue weighted by Gasteiger charge is 1.96. The number of hydrogen-bond acceptors (Lipinski definition) is 2. The van der Waals surface area contributed by atoms with Crippen molar-refractivity contribution >= 4 is 21.4 Å². The van der Waals surface area contributed by atoms with Gasteiger partial charge in [0.15, 0.2) is 0 Å². The zero-order valence-electron chi connectivity index (χ0n) is 8.61. The molecule has 80 valence electrons. The molecule has 4 heteroatoms. The van der Waals surface area contributed by atoms with Gasteiger partial charge in [-0.15, -0.1) is 12.4 Å². The molecule has 0 spiro atoms. The van der Waals surface area contributed by atoms with E-state index in [0.29, 0.717) is 0 Å². The van der Waals surface area contributed by atoms with Crippen LogP contribution in [0, 0.1) is 6.92 Å². The molecule has 0 radical (unpaired) electrons. The molecular formula is C10H16ClO2P. The molecule has 0 bridgehead atoms. The smallest absolute Gasteiger partial charge is 0.215 e. The quantitative estimate of drug-likeness (QED) is 0.739. The van der Waals surface area contributed by atoms with E-state index in [1.807, 2.05) is 45.0 Å². The van der Waals surface area contributed by atoms with Crippen LogP contribution in [0.2, 0.25) is 0 Å². The lowest BCUT2D eigenvalue weighted by Gasteiger charge is -2.08. The summed E-state index contributed by atoms with van der Waals surface area (Å²) in [6, 6.07) is 7.95. The summed E-state index contributed by atoms with van der Waals surface area (Å²) in [5.41, 5.74) is 1.20. The van der Waals surface area contributed by atoms with E-state index in [9.17, 15) is 0 Å². The average molecular weight is 235 g/mol. The van der Waals surface area contributed by atoms with Gasteiger partial charge in [0.1, 0.15) is 5.75 Å². The molecule has 0 amide bonds. The van der Waals surface area contributed by atoms with Crippen LogP contribution in [0.5, 0.6) is 5.75 Å². The molecule has 1 atom stereocenters. The van der Waals surface area contributed by atoms with Gasteiger partial charge in [-0.05, 0) is 38.5 Å². The van der Waals surface area contributed by atoms with Crippen LogP contribution in [-0.2, 0) is 4.52 Å². The number of halogens is 1. The maximum absolute atomic E-state index is 5.40. The van der Waals surface area contributed by atoms with Gasteiger partial charge in [-0.3, -0.25) is 0 Å². The predicted molar refractivity (Wildman–Crippen MR) is 63.6 cm³/mol. The van der Waals surface area contributed by atoms with Gasteiger partial charge in [-0.2, -0.15) is 0 Å². The Kier molecular flexibility index (Phi) is 6.90. The van der Waals surface area contributed by atoms with Crippen molar-refractivity contribution < 1.29 is 9.05 Å². The molecule has 0 aliphatic heterocycles. The van der Waals surface area contributed by atoms with Gasteiger partial charge < -0.3 is 9.05 Å². The molecule has 0 aliphatic rings. The van der Waals surface area contributed by atoms with E-state index < -0.39 is 0 Å². The highest BCUT2D eigenvalue weighted by Crippen LogP contribution is 2.23. The molecule has 0 heterocycles. The van der Waals surface area contributed by atoms with E-state index in [4.69, 9.17) is 9.05 Å². The third kappa shape index (κ3) is 5.43. The fourth-order valence-corrected chi connectivity index (χ4v) is 1.31. The van der Waals surface area contributed by atoms with Crippen molar-refractivity contribution in [1.29, 1.82) is 0 Å². The van der Waals surface area contributed by atoms with Gasteiger partial charge in [-0.25, -0.2) is 0 Å². The van der Waals surface area contributed by atoms with Gasteiger partial charge in [0.25, 0.3) is 0 Å². The monoisotopic (exact) mass is 234 g/mol. The summed E-state index contributed by atoms with van der Waals surface area (Å²) < 4.78 is 10.7. The van der Waals surface area contributed by atoms with E-state index >= 15 is 0 Å². The maximum Gasteiger partial charge on any atom is 0.215 e. The average Bonchev–Trinajstić information content (AvgIpc) is 2.03. The summed E-state index contributed by atoms with van der Waals surface area (Å²) >= 11 is 0. The first-order chi connectivity index (χ1) is 6.18. The van der Waals surface area contributed by atoms with Crippen molar-refractivity contribution in [2.45, 2.75) is 26.9 Å². The minimum atomic E-state index is 0. The number of rotatable bonds is 4. The molecule has 0 fully saturated rings. The molecule has 1 aromatic carbocycles. The molecule has 2 nitrogen and oxygen atoms in total. The van der Waals surface area contributed by atoms with E-state index in [0.717, 1.165) is 5.75 Å². The van der Waals surface area contributed by atoms with Crippen molar-refractivity contribution in [1.82, 2.24) is 0 Å². The summed E-state index contributed by atoms with van der Waals surface area (Å²) in [7, 11) is 0.0864. The Morgan fingerprint density at radius 1 is 1.29 bits per heavy atom. The number of aryl methyl sites for hydroxylation is 1. The number of hydrogen-bond donors (Lipinski definition) is 0. The largest absolute Gasteiger partial charge is 0.450 e. The van der Waals surface area contributed by atoms with Crippen molar-refractivity contribution in [2.75, 3.05) is 0 Å². The minimum absolute atomic E-state index is 0. The topological polar surface area (TPSA) is 18.5 Å². The Labute approximate surface area is 93.4 Å². The van der Waals surface area contributed by atoms with Crippen molar-refractivity contribution in [2.24, 2.45) is 0 Å². The Morgan fingerprint density at radius 2 is 2.00 bits per heavy atom. The summed E-state index contributed by atoms with van der Waals surface area (Å²) in [4.78, 5) is 0. The van der Waals surface area contributed by atoms with Crippen molar-refractivity contribution in [3.8, 4) is 5.75 Å². The Bertz CT molecular complexity index is 266. The standard InChI is InChI=1S/C10H15O2P.ClH/c1-8(2)11-13-12-10-6-4-5-9(3)7-10;/h4-8,13H,1-3H3;1H. The van der Waals surface area contributed by atoms with Crippen LogP contribution in [0.3, 0.4) is 0 Å². The van der Waals surface area contributed by atoms with E-state index in [1.165, 1.54) is 5.56 Å². The first kappa shape index (κ1) is 13.7. The molecule has 14 heavy (non-hydrogen) atoms. The zero-order chi connectivity index (χ0) is 9.68. The van der Waals surface area contributed by atoms with Crippen molar-refractivity contribution in [3.05, 3.63) is 29.8 Å². The third-order valence-electron chi connectivity index (χ3n) is 1.43. The molecule has 0 aromatic heterocycles. The summed E-state index contributed by atoms with van der Waals surface area (Å²) in [5.74, 6) is 0.874. The molecule has 1 aromatic rings. The van der Waals surface area contributed by atoms with Crippen molar-refractivity contribution in [3.63, 3.8) is 0 Å². The van der Waals surface area contributed by atoms with Gasteiger partial charge in [0.2, 0.25) is 9.03 Å². The van der Waals surface area contributed by atoms with Crippen LogP contribution in [0.25, 0.3) is 0 Å². The Balaban J connectivity index is 0.00000169. The SMILES string of the molecule is Cc1cccc(OPOC(C)C)c1.Cl. The van der Waals surface area contributed by atoms with Crippen LogP contribution in [0.1, 0.15) is 19.4 Å². The fourth-order valence-electron chi connectivity index (χ4n) is 0.847. The minimum Gasteiger partial charge on any atom is -0.450 e. The molecular weight excluding hydrogens is 219 g/mol. The second-order valence-electron chi connectivity index (χ2n) is 3.17. The second-order valence-corrected chi connectivity index (χ2v) is 3.78. The molecule has 0 saturated heterocycles. The van der Waals surface area contributed by atoms with Gasteiger partial charge in [-0.1, -0.05) is 12.1 Å². The first-order valence-corrected chi connectivity index (χ1v) is 5.14. The zero-order valence-corrected chi connectivity index (χ0v) is 10.4. The lowest BCUT2D eigenvalue weighted by Crippen LogP contribution is -1.94. The molecule has 0 N–H and O–H groups in total. The van der Waals surface area contributed by atoms with Gasteiger partial charge in [0.05, 0.1) is 6.10 Å². The summed E-state index contributed by atoms with van der Waals surface area (Å²) in [6.45, 7) is 6.03. The summed E-state index contributed by atoms with van der Waals surface area (Å²) in [6.07, 6.45) is 0.225. The van der Waals surface area contributed by atoms with Gasteiger partial charge in [0, 0.05) is 0 Å². The molecule has 1 unspecified atom stereocenters. The maximum atomic E-state index is 5.40. The molecule has 0 aliphatic carbocycles. The van der Waals surface area contributed by atoms with Crippen LogP contribution < -0.4 is 4.52 Å². The Hall–Kier alpha value is -0.300. The van der Waals surface area contributed by atoms with E-state index in [2.05, 4.69) is 0 Å². The summed E-state index contributed by atoms with van der Waals surface area (Å²) in [5, 5.41) is 0. The van der Waals surface area contributed by atoms with Crippen LogP contribution in [0.15, 0.2) is 24.3 Å². The van der Waals surface area contributed by atoms with Crippen LogP contribution >= 0.6 is 21.4 Å². The first-order valence-electron chi connectivity index (χ1n) is 4.32. The molecule has 1 rings (SSSR count). The Morgan fingerprint density at radius 3 is 2.57 bits per heavy atom. The highest BCUT2D eigenvalue weighted by molar-refractivity contribution is 7.26. The molecule has 0 saturated carbocycles. The van der Waals surface area contributed by atoms with E-state index in [1.54, 1.807) is 0 Å². The third-order valence-corrected chi connectivity index (χ3v) is 2.32. The number of benzene rings is 1. The fraction of sp³-hybridized carbons (Fsp3) is 0.400. The van der Waals surface area contributed by atoms with Crippen LogP contribution in [0.4, 0.5) is 0 Å². The predicted octanol–water partition coefficient (Wildman–Crippen LogP) is 3.73. The normalized spacial score (nSPS) is 10.6. The van der Waals surface area contributed by atoms with Crippen LogP contribution in [-0.4, -0.2) is 6.10 Å². The lowest BCUT2D eigenvalue weighted by molar-refractivity contribution is 0.256. The highest BCUT2D eigenvalue weighted by atomic mass is 35.5. The second kappa shape index (κ2) is 7.05. The lowest BCUT2D eigenvalue weighted by atomic mass is 10.2. The van der Waals surface area contributed by atoms with E-state index in [-0.39, 0.29) is 27.5 Å². The van der Waals surface area contributed by atoms with Gasteiger partial charge >= 0.3 is 0 Å².